The average Bonchev–Trinajstić information content (AvgIpc) is 2.93. The van der Waals surface area contributed by atoms with Crippen molar-refractivity contribution in [3.63, 3.8) is 0 Å². The lowest BCUT2D eigenvalue weighted by atomic mass is 10.0. The van der Waals surface area contributed by atoms with Crippen LogP contribution >= 0.6 is 0 Å². The fourth-order valence-electron chi connectivity index (χ4n) is 2.96. The minimum Gasteiger partial charge on any atom is -0.338 e. The van der Waals surface area contributed by atoms with Gasteiger partial charge in [0.25, 0.3) is 5.91 Å². The van der Waals surface area contributed by atoms with Crippen LogP contribution in [-0.2, 0) is 6.18 Å². The summed E-state index contributed by atoms with van der Waals surface area (Å²) >= 11 is 0. The van der Waals surface area contributed by atoms with Gasteiger partial charge in [-0.2, -0.15) is 13.2 Å². The largest absolute Gasteiger partial charge is 0.416 e. The van der Waals surface area contributed by atoms with E-state index in [1.54, 1.807) is 11.9 Å². The zero-order chi connectivity index (χ0) is 15.6. The van der Waals surface area contributed by atoms with E-state index in [1.807, 2.05) is 0 Å². The summed E-state index contributed by atoms with van der Waals surface area (Å²) in [5.41, 5.74) is 5.23. The molecule has 21 heavy (non-hydrogen) atoms. The molecule has 0 radical (unpaired) electrons. The summed E-state index contributed by atoms with van der Waals surface area (Å²) in [4.78, 5) is 14.0. The van der Waals surface area contributed by atoms with Gasteiger partial charge in [-0.25, -0.2) is 0 Å². The summed E-state index contributed by atoms with van der Waals surface area (Å²) in [5, 5.41) is 0. The molecule has 2 unspecified atom stereocenters. The van der Waals surface area contributed by atoms with Crippen LogP contribution in [0.15, 0.2) is 24.3 Å². The first-order chi connectivity index (χ1) is 9.84. The number of hydrogen-bond donors (Lipinski definition) is 1. The SMILES string of the molecule is CN(C(=O)c1ccc(C(F)(F)F)cc1)C1CCCC1CN. The fourth-order valence-corrected chi connectivity index (χ4v) is 2.96. The van der Waals surface area contributed by atoms with Gasteiger partial charge in [-0.15, -0.1) is 0 Å². The number of alkyl halides is 3. The van der Waals surface area contributed by atoms with E-state index in [4.69, 9.17) is 5.73 Å². The lowest BCUT2D eigenvalue weighted by molar-refractivity contribution is -0.137. The molecule has 3 nitrogen and oxygen atoms in total. The molecule has 2 N–H and O–H groups in total. The van der Waals surface area contributed by atoms with Crippen LogP contribution in [0.25, 0.3) is 0 Å². The van der Waals surface area contributed by atoms with Gasteiger partial charge in [0.2, 0.25) is 0 Å². The monoisotopic (exact) mass is 300 g/mol. The van der Waals surface area contributed by atoms with Crippen LogP contribution in [0.4, 0.5) is 13.2 Å². The molecular weight excluding hydrogens is 281 g/mol. The lowest BCUT2D eigenvalue weighted by Crippen LogP contribution is -2.41. The molecule has 1 aromatic rings. The van der Waals surface area contributed by atoms with Gasteiger partial charge in [-0.05, 0) is 49.6 Å². The summed E-state index contributed by atoms with van der Waals surface area (Å²) in [6.07, 6.45) is -1.47. The van der Waals surface area contributed by atoms with E-state index in [0.717, 1.165) is 31.4 Å². The number of carbonyl (C=O) groups excluding carboxylic acids is 1. The van der Waals surface area contributed by atoms with Crippen molar-refractivity contribution in [2.45, 2.75) is 31.5 Å². The van der Waals surface area contributed by atoms with E-state index in [9.17, 15) is 18.0 Å². The number of halogens is 3. The van der Waals surface area contributed by atoms with Crippen molar-refractivity contribution in [1.82, 2.24) is 4.90 Å². The van der Waals surface area contributed by atoms with Crippen molar-refractivity contribution >= 4 is 5.91 Å². The average molecular weight is 300 g/mol. The van der Waals surface area contributed by atoms with E-state index in [0.29, 0.717) is 6.54 Å². The topological polar surface area (TPSA) is 46.3 Å². The summed E-state index contributed by atoms with van der Waals surface area (Å²) in [7, 11) is 1.69. The number of nitrogens with zero attached hydrogens (tertiary/aromatic N) is 1. The van der Waals surface area contributed by atoms with Gasteiger partial charge >= 0.3 is 6.18 Å². The van der Waals surface area contributed by atoms with Gasteiger partial charge in [-0.3, -0.25) is 4.79 Å². The standard InChI is InChI=1S/C15H19F3N2O/c1-20(13-4-2-3-11(13)9-19)14(21)10-5-7-12(8-6-10)15(16,17)18/h5-8,11,13H,2-4,9,19H2,1H3. The van der Waals surface area contributed by atoms with Crippen LogP contribution in [0.1, 0.15) is 35.2 Å². The molecule has 1 aliphatic carbocycles. The molecule has 0 heterocycles. The summed E-state index contributed by atoms with van der Waals surface area (Å²) < 4.78 is 37.5. The van der Waals surface area contributed by atoms with Crippen molar-refractivity contribution < 1.29 is 18.0 Å². The number of carbonyl (C=O) groups is 1. The zero-order valence-corrected chi connectivity index (χ0v) is 11.9. The first kappa shape index (κ1) is 15.8. The molecule has 6 heteroatoms. The molecular formula is C15H19F3N2O. The molecule has 0 bridgehead atoms. The molecule has 1 fully saturated rings. The Morgan fingerprint density at radius 2 is 1.90 bits per heavy atom. The van der Waals surface area contributed by atoms with Crippen molar-refractivity contribution in [2.75, 3.05) is 13.6 Å². The summed E-state index contributed by atoms with van der Waals surface area (Å²) in [6.45, 7) is 0.523. The maximum absolute atomic E-state index is 12.5. The molecule has 1 aromatic carbocycles. The molecule has 0 spiro atoms. The van der Waals surface area contributed by atoms with E-state index in [-0.39, 0.29) is 23.4 Å². The van der Waals surface area contributed by atoms with Crippen molar-refractivity contribution in [3.8, 4) is 0 Å². The van der Waals surface area contributed by atoms with E-state index < -0.39 is 11.7 Å². The van der Waals surface area contributed by atoms with Crippen LogP contribution < -0.4 is 5.73 Å². The van der Waals surface area contributed by atoms with Crippen molar-refractivity contribution in [2.24, 2.45) is 11.7 Å². The number of nitrogens with two attached hydrogens (primary N) is 1. The van der Waals surface area contributed by atoms with Gasteiger partial charge in [-0.1, -0.05) is 6.42 Å². The highest BCUT2D eigenvalue weighted by atomic mass is 19.4. The van der Waals surface area contributed by atoms with Crippen LogP contribution in [0.3, 0.4) is 0 Å². The lowest BCUT2D eigenvalue weighted by Gasteiger charge is -2.29. The molecule has 1 saturated carbocycles. The Morgan fingerprint density at radius 3 is 2.43 bits per heavy atom. The minimum atomic E-state index is -4.39. The maximum Gasteiger partial charge on any atom is 0.416 e. The van der Waals surface area contributed by atoms with Gasteiger partial charge in [0, 0.05) is 18.7 Å². The van der Waals surface area contributed by atoms with E-state index in [2.05, 4.69) is 0 Å². The number of hydrogen-bond acceptors (Lipinski definition) is 2. The summed E-state index contributed by atoms with van der Waals surface area (Å²) in [6, 6.07) is 4.42. The fraction of sp³-hybridized carbons (Fsp3) is 0.533. The Hall–Kier alpha value is -1.56. The molecule has 0 saturated heterocycles. The Bertz CT molecular complexity index is 499. The molecule has 0 aliphatic heterocycles. The van der Waals surface area contributed by atoms with Gasteiger partial charge in [0.1, 0.15) is 0 Å². The second-order valence-electron chi connectivity index (χ2n) is 5.49. The Balaban J connectivity index is 2.12. The molecule has 0 aromatic heterocycles. The van der Waals surface area contributed by atoms with Gasteiger partial charge in [0.15, 0.2) is 0 Å². The van der Waals surface area contributed by atoms with Crippen molar-refractivity contribution in [1.29, 1.82) is 0 Å². The third kappa shape index (κ3) is 3.37. The minimum absolute atomic E-state index is 0.0739. The maximum atomic E-state index is 12.5. The number of benzene rings is 1. The first-order valence-corrected chi connectivity index (χ1v) is 6.99. The number of rotatable bonds is 3. The smallest absolute Gasteiger partial charge is 0.338 e. The molecule has 116 valence electrons. The third-order valence-electron chi connectivity index (χ3n) is 4.20. The quantitative estimate of drug-likeness (QED) is 0.933. The van der Waals surface area contributed by atoms with Crippen molar-refractivity contribution in [3.05, 3.63) is 35.4 Å². The Labute approximate surface area is 121 Å². The van der Waals surface area contributed by atoms with E-state index >= 15 is 0 Å². The van der Waals surface area contributed by atoms with Gasteiger partial charge < -0.3 is 10.6 Å². The second-order valence-corrected chi connectivity index (χ2v) is 5.49. The second kappa shape index (κ2) is 6.05. The predicted molar refractivity (Wildman–Crippen MR) is 73.7 cm³/mol. The normalized spacial score (nSPS) is 22.3. The predicted octanol–water partition coefficient (Wildman–Crippen LogP) is 2.90. The first-order valence-electron chi connectivity index (χ1n) is 6.99. The molecule has 1 aliphatic rings. The van der Waals surface area contributed by atoms with Crippen LogP contribution in [0.5, 0.6) is 0 Å². The highest BCUT2D eigenvalue weighted by molar-refractivity contribution is 5.94. The highest BCUT2D eigenvalue weighted by Gasteiger charge is 2.33. The highest BCUT2D eigenvalue weighted by Crippen LogP contribution is 2.31. The zero-order valence-electron chi connectivity index (χ0n) is 11.9. The Morgan fingerprint density at radius 1 is 1.29 bits per heavy atom. The summed E-state index contributed by atoms with van der Waals surface area (Å²) in [5.74, 6) is 0.0162. The third-order valence-corrected chi connectivity index (χ3v) is 4.20. The van der Waals surface area contributed by atoms with Crippen LogP contribution in [-0.4, -0.2) is 30.4 Å². The van der Waals surface area contributed by atoms with Gasteiger partial charge in [0.05, 0.1) is 5.56 Å². The number of amides is 1. The van der Waals surface area contributed by atoms with E-state index in [1.165, 1.54) is 12.1 Å². The molecule has 2 atom stereocenters. The van der Waals surface area contributed by atoms with Crippen LogP contribution in [0, 0.1) is 5.92 Å². The Kier molecular flexibility index (Phi) is 4.56. The molecule has 2 rings (SSSR count). The van der Waals surface area contributed by atoms with Crippen LogP contribution in [0.2, 0.25) is 0 Å². The molecule has 1 amide bonds.